The Morgan fingerprint density at radius 2 is 1.05 bits per heavy atom. The van der Waals surface area contributed by atoms with Crippen molar-refractivity contribution in [3.05, 3.63) is 0 Å². The second-order valence-corrected chi connectivity index (χ2v) is 3.04. The minimum absolute atomic E-state index is 0. The Hall–Kier alpha value is -1.21. The maximum Gasteiger partial charge on any atom is 1.00 e. The zero-order valence-corrected chi connectivity index (χ0v) is 14.3. The van der Waals surface area contributed by atoms with Gasteiger partial charge in [-0.2, -0.15) is 0 Å². The topological polar surface area (TPSA) is 249 Å². The van der Waals surface area contributed by atoms with E-state index in [-0.39, 0.29) is 52.8 Å². The zero-order chi connectivity index (χ0) is 15.8. The molecule has 0 heterocycles. The SMILES string of the molecule is O=C(O)C(=O)O.O=C([O-])CC(O)(CC(=O)[O-])C(=O)O.[Cu].[NH4+].[Na+]. The van der Waals surface area contributed by atoms with Crippen LogP contribution in [0.15, 0.2) is 0 Å². The molecule has 0 saturated carbocycles. The van der Waals surface area contributed by atoms with E-state index in [1.807, 2.05) is 0 Å². The third kappa shape index (κ3) is 16.8. The van der Waals surface area contributed by atoms with Gasteiger partial charge >= 0.3 is 47.5 Å². The van der Waals surface area contributed by atoms with E-state index in [1.54, 1.807) is 0 Å². The Bertz CT molecular complexity index is 385. The van der Waals surface area contributed by atoms with E-state index in [2.05, 4.69) is 0 Å². The van der Waals surface area contributed by atoms with Crippen LogP contribution in [0.1, 0.15) is 12.8 Å². The Kier molecular flexibility index (Phi) is 21.8. The molecule has 0 spiro atoms. The van der Waals surface area contributed by atoms with E-state index in [0.717, 1.165) is 0 Å². The minimum atomic E-state index is -2.86. The van der Waals surface area contributed by atoms with Crippen molar-refractivity contribution < 1.29 is 101 Å². The number of hydrogen-bond acceptors (Lipinski definition) is 8. The number of carbonyl (C=O) groups excluding carboxylic acids is 2. The molecule has 22 heavy (non-hydrogen) atoms. The first-order valence-corrected chi connectivity index (χ1v) is 4.24. The largest absolute Gasteiger partial charge is 1.00 e. The molecule has 12 nitrogen and oxygen atoms in total. The van der Waals surface area contributed by atoms with E-state index in [0.29, 0.717) is 0 Å². The summed E-state index contributed by atoms with van der Waals surface area (Å²) in [5, 5.41) is 52.0. The van der Waals surface area contributed by atoms with Gasteiger partial charge in [0.1, 0.15) is 0 Å². The average Bonchev–Trinajstić information content (AvgIpc) is 2.14. The molecule has 0 unspecified atom stereocenters. The molecule has 0 aromatic carbocycles. The van der Waals surface area contributed by atoms with Crippen LogP contribution >= 0.6 is 0 Å². The normalized spacial score (nSPS) is 8.41. The van der Waals surface area contributed by atoms with Crippen LogP contribution < -0.4 is 45.9 Å². The molecular formula is C8H12CuNNaO11. The summed E-state index contributed by atoms with van der Waals surface area (Å²) >= 11 is 0. The fourth-order valence-electron chi connectivity index (χ4n) is 0.691. The van der Waals surface area contributed by atoms with Gasteiger partial charge in [0.25, 0.3) is 0 Å². The number of carboxylic acids is 5. The standard InChI is InChI=1S/C6H8O7.C2H2O4.Cu.H3N.Na/c7-3(8)1-6(13,5(11)12)2-4(9)10;3-1(4)2(5)6;;;/h13H,1-2H2,(H,7,8)(H,9,10)(H,11,12);(H,3,4)(H,5,6);;1H3;/q;;;;+1/p-1. The van der Waals surface area contributed by atoms with Gasteiger partial charge in [-0.1, -0.05) is 0 Å². The number of hydrogen-bond donors (Lipinski definition) is 5. The smallest absolute Gasteiger partial charge is 0.550 e. The molecular weight excluding hydrogens is 373 g/mol. The number of carboxylic acid groups (broad SMARTS) is 5. The van der Waals surface area contributed by atoms with Gasteiger partial charge in [-0.05, 0) is 0 Å². The summed E-state index contributed by atoms with van der Waals surface area (Å²) in [6.45, 7) is 0. The summed E-state index contributed by atoms with van der Waals surface area (Å²) in [5.41, 5.74) is -2.86. The number of quaternary nitrogens is 1. The van der Waals surface area contributed by atoms with E-state index in [9.17, 15) is 24.6 Å². The molecule has 0 rings (SSSR count). The Labute approximate surface area is 155 Å². The fourth-order valence-corrected chi connectivity index (χ4v) is 0.691. The number of rotatable bonds is 5. The van der Waals surface area contributed by atoms with Crippen LogP contribution in [0, 0.1) is 0 Å². The van der Waals surface area contributed by atoms with Crippen LogP contribution in [-0.2, 0) is 41.0 Å². The first-order valence-electron chi connectivity index (χ1n) is 4.24. The van der Waals surface area contributed by atoms with Crippen molar-refractivity contribution in [2.24, 2.45) is 0 Å². The molecule has 0 saturated heterocycles. The van der Waals surface area contributed by atoms with E-state index < -0.39 is 48.3 Å². The maximum absolute atomic E-state index is 10.3. The molecule has 0 atom stereocenters. The molecule has 127 valence electrons. The molecule has 0 aliphatic carbocycles. The second-order valence-electron chi connectivity index (χ2n) is 3.04. The second kappa shape index (κ2) is 14.7. The Morgan fingerprint density at radius 3 is 1.14 bits per heavy atom. The van der Waals surface area contributed by atoms with E-state index >= 15 is 0 Å². The summed E-state index contributed by atoms with van der Waals surface area (Å²) in [7, 11) is 0. The van der Waals surface area contributed by atoms with Gasteiger partial charge in [0.15, 0.2) is 5.60 Å². The molecule has 0 aromatic heterocycles. The van der Waals surface area contributed by atoms with Crippen molar-refractivity contribution in [2.45, 2.75) is 18.4 Å². The van der Waals surface area contributed by atoms with Gasteiger partial charge < -0.3 is 46.4 Å². The average molecular weight is 385 g/mol. The first kappa shape index (κ1) is 32.7. The predicted molar refractivity (Wildman–Crippen MR) is 53.1 cm³/mol. The molecule has 0 aliphatic heterocycles. The van der Waals surface area contributed by atoms with Gasteiger partial charge in [0.05, 0.1) is 0 Å². The molecule has 0 amide bonds. The van der Waals surface area contributed by atoms with Crippen LogP contribution in [0.25, 0.3) is 0 Å². The van der Waals surface area contributed by atoms with Crippen molar-refractivity contribution in [3.8, 4) is 0 Å². The van der Waals surface area contributed by atoms with Crippen molar-refractivity contribution in [2.75, 3.05) is 0 Å². The quantitative estimate of drug-likeness (QED) is 0.220. The monoisotopic (exact) mass is 384 g/mol. The van der Waals surface area contributed by atoms with Crippen LogP contribution in [0.5, 0.6) is 0 Å². The van der Waals surface area contributed by atoms with Gasteiger partial charge in [0.2, 0.25) is 0 Å². The summed E-state index contributed by atoms with van der Waals surface area (Å²) in [5.74, 6) is -9.30. The Balaban J connectivity index is -0.0000000933. The summed E-state index contributed by atoms with van der Waals surface area (Å²) in [6, 6.07) is 0. The van der Waals surface area contributed by atoms with Crippen molar-refractivity contribution in [1.82, 2.24) is 6.15 Å². The van der Waals surface area contributed by atoms with Crippen molar-refractivity contribution >= 4 is 29.8 Å². The van der Waals surface area contributed by atoms with Gasteiger partial charge in [-0.3, -0.25) is 0 Å². The fraction of sp³-hybridized carbons (Fsp3) is 0.375. The van der Waals surface area contributed by atoms with Gasteiger partial charge in [-0.25, -0.2) is 14.4 Å². The molecule has 14 heteroatoms. The van der Waals surface area contributed by atoms with E-state index in [4.69, 9.17) is 30.0 Å². The summed E-state index contributed by atoms with van der Waals surface area (Å²) in [6.07, 6.45) is -2.59. The van der Waals surface area contributed by atoms with Gasteiger partial charge in [0, 0.05) is 41.8 Å². The number of carbonyl (C=O) groups is 5. The minimum Gasteiger partial charge on any atom is -0.550 e. The van der Waals surface area contributed by atoms with E-state index in [1.165, 1.54) is 0 Å². The molecule has 8 N–H and O–H groups in total. The zero-order valence-electron chi connectivity index (χ0n) is 11.4. The Morgan fingerprint density at radius 1 is 0.818 bits per heavy atom. The molecule has 0 aromatic rings. The van der Waals surface area contributed by atoms with Crippen molar-refractivity contribution in [3.63, 3.8) is 0 Å². The van der Waals surface area contributed by atoms with Crippen LogP contribution in [-0.4, -0.2) is 55.9 Å². The van der Waals surface area contributed by atoms with Crippen LogP contribution in [0.3, 0.4) is 0 Å². The summed E-state index contributed by atoms with van der Waals surface area (Å²) in [4.78, 5) is 48.4. The van der Waals surface area contributed by atoms with Crippen LogP contribution in [0.4, 0.5) is 0 Å². The third-order valence-electron chi connectivity index (χ3n) is 1.45. The third-order valence-corrected chi connectivity index (χ3v) is 1.45. The molecule has 0 fully saturated rings. The molecule has 1 radical (unpaired) electrons. The summed E-state index contributed by atoms with van der Waals surface area (Å²) < 4.78 is 0. The van der Waals surface area contributed by atoms with Gasteiger partial charge in [-0.15, -0.1) is 0 Å². The number of aliphatic hydroxyl groups is 1. The molecule has 0 bridgehead atoms. The molecule has 0 aliphatic rings. The van der Waals surface area contributed by atoms with Crippen LogP contribution in [0.2, 0.25) is 0 Å². The maximum atomic E-state index is 10.3. The number of aliphatic carboxylic acids is 5. The first-order chi connectivity index (χ1) is 8.42. The van der Waals surface area contributed by atoms with Crippen molar-refractivity contribution in [1.29, 1.82) is 0 Å². The predicted octanol–water partition coefficient (Wildman–Crippen LogP) is -7.38.